The Morgan fingerprint density at radius 3 is 2.31 bits per heavy atom. The van der Waals surface area contributed by atoms with E-state index in [4.69, 9.17) is 17.3 Å². The second-order valence-electron chi connectivity index (χ2n) is 7.40. The van der Waals surface area contributed by atoms with Gasteiger partial charge in [0.25, 0.3) is 0 Å². The third-order valence-electron chi connectivity index (χ3n) is 5.59. The molecule has 5 aromatic rings. The fourth-order valence-corrected chi connectivity index (χ4v) is 4.42. The number of rotatable bonds is 5. The Bertz CT molecular complexity index is 1250. The molecule has 0 aliphatic heterocycles. The molecule has 0 aliphatic rings. The molecule has 0 fully saturated rings. The maximum Gasteiger partial charge on any atom is 0.0645 e. The maximum absolute atomic E-state index is 6.19. The molecule has 3 aromatic carbocycles. The highest BCUT2D eigenvalue weighted by Crippen LogP contribution is 2.38. The van der Waals surface area contributed by atoms with Gasteiger partial charge in [-0.05, 0) is 59.8 Å². The summed E-state index contributed by atoms with van der Waals surface area (Å²) in [5.74, 6) is 0.0358. The smallest absolute Gasteiger partial charge is 0.0645 e. The van der Waals surface area contributed by atoms with Crippen LogP contribution in [0.15, 0.2) is 78.9 Å². The van der Waals surface area contributed by atoms with Gasteiger partial charge in [0.05, 0.1) is 5.92 Å². The number of nitrogens with two attached hydrogens (primary N) is 1. The van der Waals surface area contributed by atoms with E-state index in [1.165, 1.54) is 27.6 Å². The number of hydrogen-bond donors (Lipinski definition) is 3. The summed E-state index contributed by atoms with van der Waals surface area (Å²) in [4.78, 5) is 7.33. The second kappa shape index (κ2) is 7.43. The molecule has 0 aliphatic carbocycles. The van der Waals surface area contributed by atoms with E-state index in [1.807, 2.05) is 12.1 Å². The van der Waals surface area contributed by atoms with Crippen molar-refractivity contribution in [1.29, 1.82) is 0 Å². The summed E-state index contributed by atoms with van der Waals surface area (Å²) in [6.07, 6.45) is 0.823. The number of hydrogen-bond acceptors (Lipinski definition) is 1. The summed E-state index contributed by atoms with van der Waals surface area (Å²) in [5, 5.41) is 3.18. The zero-order valence-corrected chi connectivity index (χ0v) is 16.7. The van der Waals surface area contributed by atoms with Gasteiger partial charge in [-0.25, -0.2) is 0 Å². The van der Waals surface area contributed by atoms with E-state index in [9.17, 15) is 0 Å². The SMILES string of the molecule is NCCc1c(C(c2ccc(Cl)cc2)c2cc3ccccc3[nH]2)[nH]c2ccccc12. The number of halogens is 1. The van der Waals surface area contributed by atoms with Gasteiger partial charge in [0.1, 0.15) is 0 Å². The number of aromatic nitrogens is 2. The highest BCUT2D eigenvalue weighted by atomic mass is 35.5. The van der Waals surface area contributed by atoms with Gasteiger partial charge >= 0.3 is 0 Å². The van der Waals surface area contributed by atoms with Crippen molar-refractivity contribution in [3.63, 3.8) is 0 Å². The van der Waals surface area contributed by atoms with Crippen LogP contribution in [0.4, 0.5) is 0 Å². The highest BCUT2D eigenvalue weighted by molar-refractivity contribution is 6.30. The minimum absolute atomic E-state index is 0.0358. The Labute approximate surface area is 174 Å². The third kappa shape index (κ3) is 3.23. The predicted octanol–water partition coefficient (Wildman–Crippen LogP) is 5.98. The van der Waals surface area contributed by atoms with Gasteiger partial charge in [0, 0.05) is 32.8 Å². The quantitative estimate of drug-likeness (QED) is 0.334. The molecule has 1 atom stereocenters. The Hall–Kier alpha value is -3.01. The van der Waals surface area contributed by atoms with E-state index in [2.05, 4.69) is 76.7 Å². The number of para-hydroxylation sites is 2. The molecule has 0 bridgehead atoms. The van der Waals surface area contributed by atoms with Gasteiger partial charge in [-0.3, -0.25) is 0 Å². The molecule has 5 rings (SSSR count). The fraction of sp³-hybridized carbons (Fsp3) is 0.120. The molecule has 0 amide bonds. The highest BCUT2D eigenvalue weighted by Gasteiger charge is 2.24. The molecule has 0 saturated heterocycles. The van der Waals surface area contributed by atoms with E-state index < -0.39 is 0 Å². The van der Waals surface area contributed by atoms with Crippen molar-refractivity contribution in [2.75, 3.05) is 6.54 Å². The van der Waals surface area contributed by atoms with Crippen molar-refractivity contribution < 1.29 is 0 Å². The molecule has 144 valence electrons. The van der Waals surface area contributed by atoms with Crippen LogP contribution >= 0.6 is 11.6 Å². The normalized spacial score (nSPS) is 12.6. The molecule has 4 N–H and O–H groups in total. The van der Waals surface area contributed by atoms with Crippen molar-refractivity contribution >= 4 is 33.4 Å². The van der Waals surface area contributed by atoms with Crippen LogP contribution in [-0.4, -0.2) is 16.5 Å². The maximum atomic E-state index is 6.19. The second-order valence-corrected chi connectivity index (χ2v) is 7.83. The lowest BCUT2D eigenvalue weighted by molar-refractivity contribution is 0.866. The van der Waals surface area contributed by atoms with E-state index >= 15 is 0 Å². The van der Waals surface area contributed by atoms with Crippen LogP contribution < -0.4 is 5.73 Å². The molecule has 2 heterocycles. The Balaban J connectivity index is 1.77. The van der Waals surface area contributed by atoms with Crippen molar-refractivity contribution in [1.82, 2.24) is 9.97 Å². The zero-order chi connectivity index (χ0) is 19.8. The summed E-state index contributed by atoms with van der Waals surface area (Å²) in [7, 11) is 0. The van der Waals surface area contributed by atoms with Crippen LogP contribution in [0.2, 0.25) is 5.02 Å². The topological polar surface area (TPSA) is 57.6 Å². The number of aromatic amines is 2. The van der Waals surface area contributed by atoms with Crippen LogP contribution in [0.5, 0.6) is 0 Å². The molecule has 0 spiro atoms. The lowest BCUT2D eigenvalue weighted by Gasteiger charge is -2.18. The molecule has 3 nitrogen and oxygen atoms in total. The molecule has 1 unspecified atom stereocenters. The van der Waals surface area contributed by atoms with Crippen LogP contribution in [0.25, 0.3) is 21.8 Å². The summed E-state index contributed by atoms with van der Waals surface area (Å²) in [6, 6.07) is 27.2. The first-order valence-electron chi connectivity index (χ1n) is 9.87. The van der Waals surface area contributed by atoms with Gasteiger partial charge < -0.3 is 15.7 Å². The average molecular weight is 400 g/mol. The summed E-state index contributed by atoms with van der Waals surface area (Å²) < 4.78 is 0. The van der Waals surface area contributed by atoms with E-state index in [1.54, 1.807) is 0 Å². The molecular weight excluding hydrogens is 378 g/mol. The zero-order valence-electron chi connectivity index (χ0n) is 16.0. The summed E-state index contributed by atoms with van der Waals surface area (Å²) in [6.45, 7) is 0.606. The van der Waals surface area contributed by atoms with E-state index in [0.29, 0.717) is 6.54 Å². The predicted molar refractivity (Wildman–Crippen MR) is 122 cm³/mol. The number of benzene rings is 3. The number of H-pyrrole nitrogens is 2. The van der Waals surface area contributed by atoms with Gasteiger partial charge in [-0.1, -0.05) is 60.1 Å². The van der Waals surface area contributed by atoms with Crippen LogP contribution in [0.1, 0.15) is 28.4 Å². The van der Waals surface area contributed by atoms with Crippen LogP contribution in [0, 0.1) is 0 Å². The Morgan fingerprint density at radius 1 is 0.828 bits per heavy atom. The van der Waals surface area contributed by atoms with Gasteiger partial charge in [0.15, 0.2) is 0 Å². The first-order valence-corrected chi connectivity index (χ1v) is 10.2. The van der Waals surface area contributed by atoms with Crippen LogP contribution in [0.3, 0.4) is 0 Å². The minimum atomic E-state index is 0.0358. The summed E-state index contributed by atoms with van der Waals surface area (Å²) >= 11 is 6.19. The molecular formula is C25H22ClN3. The largest absolute Gasteiger partial charge is 0.358 e. The lowest BCUT2D eigenvalue weighted by atomic mass is 9.89. The summed E-state index contributed by atoms with van der Waals surface area (Å²) in [5.41, 5.74) is 13.1. The first kappa shape index (κ1) is 18.0. The Kier molecular flexibility index (Phi) is 4.62. The van der Waals surface area contributed by atoms with Gasteiger partial charge in [-0.15, -0.1) is 0 Å². The average Bonchev–Trinajstić information content (AvgIpc) is 3.32. The molecule has 0 radical (unpaired) electrons. The monoisotopic (exact) mass is 399 g/mol. The van der Waals surface area contributed by atoms with Crippen molar-refractivity contribution in [3.05, 3.63) is 106 Å². The lowest BCUT2D eigenvalue weighted by Crippen LogP contribution is -2.10. The van der Waals surface area contributed by atoms with Gasteiger partial charge in [-0.2, -0.15) is 0 Å². The van der Waals surface area contributed by atoms with Crippen molar-refractivity contribution in [2.24, 2.45) is 5.73 Å². The van der Waals surface area contributed by atoms with Crippen molar-refractivity contribution in [2.45, 2.75) is 12.3 Å². The molecule has 4 heteroatoms. The Morgan fingerprint density at radius 2 is 1.55 bits per heavy atom. The van der Waals surface area contributed by atoms with Crippen molar-refractivity contribution in [3.8, 4) is 0 Å². The minimum Gasteiger partial charge on any atom is -0.358 e. The number of nitrogens with one attached hydrogen (secondary N) is 2. The molecule has 2 aromatic heterocycles. The molecule has 29 heavy (non-hydrogen) atoms. The van der Waals surface area contributed by atoms with E-state index in [-0.39, 0.29) is 5.92 Å². The molecule has 0 saturated carbocycles. The standard InChI is InChI=1S/C25H22ClN3/c26-18-11-9-16(10-12-18)24(23-15-17-5-1-3-7-21(17)28-23)25-20(13-14-27)19-6-2-4-8-22(19)29-25/h1-12,15,24,28-29H,13-14,27H2. The van der Waals surface area contributed by atoms with E-state index in [0.717, 1.165) is 28.2 Å². The first-order chi connectivity index (χ1) is 14.2. The van der Waals surface area contributed by atoms with Gasteiger partial charge in [0.2, 0.25) is 0 Å². The van der Waals surface area contributed by atoms with Crippen LogP contribution in [-0.2, 0) is 6.42 Å². The fourth-order valence-electron chi connectivity index (χ4n) is 4.29. The number of fused-ring (bicyclic) bond motifs is 2. The third-order valence-corrected chi connectivity index (χ3v) is 5.85.